The Balaban J connectivity index is 2.45. The highest BCUT2D eigenvalue weighted by Crippen LogP contribution is 2.34. The van der Waals surface area contributed by atoms with Gasteiger partial charge in [0.1, 0.15) is 10.1 Å². The van der Waals surface area contributed by atoms with Crippen LogP contribution in [0.25, 0.3) is 6.08 Å². The van der Waals surface area contributed by atoms with Crippen molar-refractivity contribution in [3.05, 3.63) is 40.0 Å². The molecule has 0 atom stereocenters. The van der Waals surface area contributed by atoms with E-state index in [-0.39, 0.29) is 14.8 Å². The van der Waals surface area contributed by atoms with Gasteiger partial charge in [-0.3, -0.25) is 4.79 Å². The number of benzene rings is 1. The first-order chi connectivity index (χ1) is 8.79. The van der Waals surface area contributed by atoms with Crippen LogP contribution >= 0.6 is 24.0 Å². The van der Waals surface area contributed by atoms with E-state index < -0.39 is 23.5 Å². The van der Waals surface area contributed by atoms with Gasteiger partial charge in [0.15, 0.2) is 0 Å². The van der Waals surface area contributed by atoms with Crippen LogP contribution in [0.2, 0.25) is 0 Å². The van der Waals surface area contributed by atoms with Crippen LogP contribution in [0.15, 0.2) is 23.1 Å². The van der Waals surface area contributed by atoms with Crippen LogP contribution in [0.4, 0.5) is 17.6 Å². The number of carbonyl (C=O) groups excluding carboxylic acids is 1. The van der Waals surface area contributed by atoms with Gasteiger partial charge < -0.3 is 5.32 Å². The van der Waals surface area contributed by atoms with Crippen LogP contribution < -0.4 is 5.32 Å². The Morgan fingerprint density at radius 3 is 2.53 bits per heavy atom. The van der Waals surface area contributed by atoms with Crippen molar-refractivity contribution in [3.8, 4) is 0 Å². The van der Waals surface area contributed by atoms with Gasteiger partial charge in [-0.05, 0) is 12.1 Å². The second-order valence-electron chi connectivity index (χ2n) is 3.56. The lowest BCUT2D eigenvalue weighted by molar-refractivity contribution is -0.140. The SMILES string of the molecule is O=C1NC(=S)SC1=Cc1cccc(C(F)(F)F)c1F. The Kier molecular flexibility index (Phi) is 3.64. The van der Waals surface area contributed by atoms with Crippen molar-refractivity contribution >= 4 is 40.3 Å². The number of carbonyl (C=O) groups is 1. The molecule has 2 rings (SSSR count). The van der Waals surface area contributed by atoms with E-state index in [1.807, 2.05) is 0 Å². The highest BCUT2D eigenvalue weighted by atomic mass is 32.2. The van der Waals surface area contributed by atoms with E-state index in [1.54, 1.807) is 0 Å². The summed E-state index contributed by atoms with van der Waals surface area (Å²) in [6.45, 7) is 0. The maximum atomic E-state index is 13.7. The third-order valence-electron chi connectivity index (χ3n) is 2.26. The molecule has 8 heteroatoms. The first-order valence-corrected chi connectivity index (χ1v) is 6.12. The van der Waals surface area contributed by atoms with E-state index in [9.17, 15) is 22.4 Å². The standard InChI is InChI=1S/C11H5F4NOS2/c12-8-5(2-1-3-6(8)11(13,14)15)4-7-9(17)16-10(18)19-7/h1-4H,(H,16,17,18). The molecule has 0 saturated carbocycles. The molecule has 1 heterocycles. The molecule has 1 N–H and O–H groups in total. The molecule has 0 bridgehead atoms. The highest BCUT2D eigenvalue weighted by Gasteiger charge is 2.34. The zero-order valence-electron chi connectivity index (χ0n) is 9.05. The summed E-state index contributed by atoms with van der Waals surface area (Å²) in [6, 6.07) is 2.88. The van der Waals surface area contributed by atoms with Crippen molar-refractivity contribution in [3.63, 3.8) is 0 Å². The minimum Gasteiger partial charge on any atom is -0.307 e. The summed E-state index contributed by atoms with van der Waals surface area (Å²) in [5, 5.41) is 2.29. The minimum atomic E-state index is -4.78. The number of thioether (sulfide) groups is 1. The number of alkyl halides is 3. The number of hydrogen-bond acceptors (Lipinski definition) is 3. The van der Waals surface area contributed by atoms with Crippen molar-refractivity contribution in [2.45, 2.75) is 6.18 Å². The van der Waals surface area contributed by atoms with E-state index in [2.05, 4.69) is 5.32 Å². The smallest absolute Gasteiger partial charge is 0.307 e. The van der Waals surface area contributed by atoms with Crippen molar-refractivity contribution in [2.75, 3.05) is 0 Å². The third-order valence-corrected chi connectivity index (χ3v) is 3.43. The van der Waals surface area contributed by atoms with Gasteiger partial charge in [-0.2, -0.15) is 13.2 Å². The summed E-state index contributed by atoms with van der Waals surface area (Å²) in [6.07, 6.45) is -3.73. The van der Waals surface area contributed by atoms with Crippen LogP contribution in [0, 0.1) is 5.82 Å². The predicted octanol–water partition coefficient (Wildman–Crippen LogP) is 3.33. The molecule has 1 saturated heterocycles. The summed E-state index contributed by atoms with van der Waals surface area (Å²) < 4.78 is 51.4. The van der Waals surface area contributed by atoms with Crippen molar-refractivity contribution in [2.24, 2.45) is 0 Å². The van der Waals surface area contributed by atoms with Gasteiger partial charge in [0.05, 0.1) is 10.5 Å². The second-order valence-corrected chi connectivity index (χ2v) is 5.28. The molecule has 0 aromatic heterocycles. The fourth-order valence-electron chi connectivity index (χ4n) is 1.44. The lowest BCUT2D eigenvalue weighted by Gasteiger charge is -2.09. The molecule has 1 aliphatic heterocycles. The van der Waals surface area contributed by atoms with Crippen LogP contribution in [-0.2, 0) is 11.0 Å². The number of halogens is 4. The monoisotopic (exact) mass is 307 g/mol. The fraction of sp³-hybridized carbons (Fsp3) is 0.0909. The Morgan fingerprint density at radius 2 is 2.00 bits per heavy atom. The molecule has 1 aromatic rings. The summed E-state index contributed by atoms with van der Waals surface area (Å²) >= 11 is 5.60. The molecule has 1 aliphatic rings. The molecule has 1 amide bonds. The van der Waals surface area contributed by atoms with Gasteiger partial charge in [0, 0.05) is 5.56 Å². The number of thiocarbonyl (C=S) groups is 1. The Morgan fingerprint density at radius 1 is 1.32 bits per heavy atom. The second kappa shape index (κ2) is 4.93. The number of rotatable bonds is 1. The largest absolute Gasteiger partial charge is 0.419 e. The van der Waals surface area contributed by atoms with E-state index in [4.69, 9.17) is 12.2 Å². The first-order valence-electron chi connectivity index (χ1n) is 4.89. The van der Waals surface area contributed by atoms with Gasteiger partial charge in [-0.15, -0.1) is 0 Å². The molecule has 0 unspecified atom stereocenters. The fourth-order valence-corrected chi connectivity index (χ4v) is 2.48. The topological polar surface area (TPSA) is 29.1 Å². The van der Waals surface area contributed by atoms with E-state index in [1.165, 1.54) is 0 Å². The summed E-state index contributed by atoms with van der Waals surface area (Å²) in [5.74, 6) is -1.96. The Hall–Kier alpha value is -1.41. The zero-order chi connectivity index (χ0) is 14.2. The van der Waals surface area contributed by atoms with E-state index in [0.29, 0.717) is 6.07 Å². The van der Waals surface area contributed by atoms with E-state index >= 15 is 0 Å². The molecule has 0 spiro atoms. The molecular formula is C11H5F4NOS2. The van der Waals surface area contributed by atoms with Crippen molar-refractivity contribution in [1.29, 1.82) is 0 Å². The first kappa shape index (κ1) is 14.0. The van der Waals surface area contributed by atoms with Crippen LogP contribution in [0.3, 0.4) is 0 Å². The normalized spacial score (nSPS) is 18.0. The Bertz CT molecular complexity index is 595. The van der Waals surface area contributed by atoms with Gasteiger partial charge in [-0.1, -0.05) is 36.1 Å². The molecule has 1 aromatic carbocycles. The summed E-state index contributed by atoms with van der Waals surface area (Å²) in [5.41, 5.74) is -1.68. The third kappa shape index (κ3) is 2.95. The average molecular weight is 307 g/mol. The van der Waals surface area contributed by atoms with Crippen molar-refractivity contribution < 1.29 is 22.4 Å². The highest BCUT2D eigenvalue weighted by molar-refractivity contribution is 8.26. The Labute approximate surface area is 114 Å². The molecule has 19 heavy (non-hydrogen) atoms. The average Bonchev–Trinajstić information content (AvgIpc) is 2.59. The number of nitrogens with one attached hydrogen (secondary N) is 1. The van der Waals surface area contributed by atoms with Gasteiger partial charge >= 0.3 is 6.18 Å². The maximum absolute atomic E-state index is 13.7. The van der Waals surface area contributed by atoms with Crippen molar-refractivity contribution in [1.82, 2.24) is 5.32 Å². The lowest BCUT2D eigenvalue weighted by Crippen LogP contribution is -2.17. The van der Waals surface area contributed by atoms with Crippen LogP contribution in [0.5, 0.6) is 0 Å². The van der Waals surface area contributed by atoms with E-state index in [0.717, 1.165) is 30.0 Å². The quantitative estimate of drug-likeness (QED) is 0.490. The number of amides is 1. The maximum Gasteiger partial charge on any atom is 0.419 e. The lowest BCUT2D eigenvalue weighted by atomic mass is 10.1. The molecule has 100 valence electrons. The van der Waals surface area contributed by atoms with Gasteiger partial charge in [0.2, 0.25) is 0 Å². The summed E-state index contributed by atoms with van der Waals surface area (Å²) in [4.78, 5) is 11.4. The predicted molar refractivity (Wildman–Crippen MR) is 67.7 cm³/mol. The minimum absolute atomic E-state index is 0.0585. The summed E-state index contributed by atoms with van der Waals surface area (Å²) in [7, 11) is 0. The van der Waals surface area contributed by atoms with Crippen LogP contribution in [-0.4, -0.2) is 10.2 Å². The zero-order valence-corrected chi connectivity index (χ0v) is 10.7. The molecular weight excluding hydrogens is 302 g/mol. The molecule has 0 radical (unpaired) electrons. The van der Waals surface area contributed by atoms with Gasteiger partial charge in [0.25, 0.3) is 5.91 Å². The molecule has 1 fully saturated rings. The van der Waals surface area contributed by atoms with Crippen LogP contribution in [0.1, 0.15) is 11.1 Å². The molecule has 2 nitrogen and oxygen atoms in total. The molecule has 0 aliphatic carbocycles. The number of hydrogen-bond donors (Lipinski definition) is 1. The van der Waals surface area contributed by atoms with Gasteiger partial charge in [-0.25, -0.2) is 4.39 Å².